The summed E-state index contributed by atoms with van der Waals surface area (Å²) in [5.74, 6) is 4.42. The normalized spacial score (nSPS) is 9.37. The molecule has 5 nitrogen and oxygen atoms in total. The summed E-state index contributed by atoms with van der Waals surface area (Å²) >= 11 is 0. The lowest BCUT2D eigenvalue weighted by Crippen LogP contribution is -2.38. The topological polar surface area (TPSA) is 83.6 Å². The number of aliphatic hydroxyl groups is 1. The van der Waals surface area contributed by atoms with Gasteiger partial charge < -0.3 is 15.7 Å². The van der Waals surface area contributed by atoms with Gasteiger partial charge in [0.15, 0.2) is 0 Å². The number of hydrogen-bond acceptors (Lipinski definition) is 3. The highest BCUT2D eigenvalue weighted by Gasteiger charge is 2.15. The number of carbonyl (C=O) groups is 2. The monoisotopic (exact) mass is 260 g/mol. The van der Waals surface area contributed by atoms with Crippen LogP contribution in [0.1, 0.15) is 22.8 Å². The number of nitrogens with two attached hydrogens (primary N) is 1. The molecular formula is C14H16N2O3. The molecule has 0 aliphatic heterocycles. The van der Waals surface area contributed by atoms with Gasteiger partial charge in [-0.05, 0) is 25.1 Å². The number of rotatable bonds is 4. The molecule has 0 radical (unpaired) electrons. The Morgan fingerprint density at radius 1 is 1.42 bits per heavy atom. The van der Waals surface area contributed by atoms with E-state index >= 15 is 0 Å². The van der Waals surface area contributed by atoms with E-state index in [-0.39, 0.29) is 19.1 Å². The maximum atomic E-state index is 12.2. The molecule has 2 amide bonds. The van der Waals surface area contributed by atoms with Crippen molar-refractivity contribution in [2.24, 2.45) is 5.73 Å². The van der Waals surface area contributed by atoms with E-state index in [1.807, 2.05) is 0 Å². The maximum absolute atomic E-state index is 12.2. The first-order valence-corrected chi connectivity index (χ1v) is 5.85. The average Bonchev–Trinajstić information content (AvgIpc) is 2.41. The number of likely N-dealkylation sites (N-methyl/N-ethyl adjacent to an activating group) is 1. The van der Waals surface area contributed by atoms with Gasteiger partial charge in [-0.3, -0.25) is 9.59 Å². The average molecular weight is 260 g/mol. The van der Waals surface area contributed by atoms with Crippen LogP contribution in [0.3, 0.4) is 0 Å². The molecule has 1 rings (SSSR count). The molecule has 0 bridgehead atoms. The van der Waals surface area contributed by atoms with Crippen molar-refractivity contribution >= 4 is 11.8 Å². The quantitative estimate of drug-likeness (QED) is 0.746. The van der Waals surface area contributed by atoms with E-state index in [1.54, 1.807) is 31.2 Å². The van der Waals surface area contributed by atoms with Crippen molar-refractivity contribution < 1.29 is 14.7 Å². The zero-order valence-corrected chi connectivity index (χ0v) is 10.7. The van der Waals surface area contributed by atoms with Crippen molar-refractivity contribution in [3.05, 3.63) is 35.4 Å². The highest BCUT2D eigenvalue weighted by Crippen LogP contribution is 2.08. The first-order valence-electron chi connectivity index (χ1n) is 5.85. The molecule has 0 unspecified atom stereocenters. The van der Waals surface area contributed by atoms with E-state index < -0.39 is 5.91 Å². The van der Waals surface area contributed by atoms with E-state index in [4.69, 9.17) is 10.8 Å². The fourth-order valence-corrected chi connectivity index (χ4v) is 1.57. The lowest BCUT2D eigenvalue weighted by atomic mass is 10.1. The minimum absolute atomic E-state index is 0.109. The van der Waals surface area contributed by atoms with Crippen LogP contribution in [0.25, 0.3) is 0 Å². The molecule has 19 heavy (non-hydrogen) atoms. The largest absolute Gasteiger partial charge is 0.384 e. The van der Waals surface area contributed by atoms with Gasteiger partial charge in [0, 0.05) is 17.7 Å². The summed E-state index contributed by atoms with van der Waals surface area (Å²) < 4.78 is 0. The highest BCUT2D eigenvalue weighted by atomic mass is 16.2. The second-order valence-corrected chi connectivity index (χ2v) is 3.83. The number of aliphatic hydroxyl groups excluding tert-OH is 1. The Hall–Kier alpha value is -2.32. The lowest BCUT2D eigenvalue weighted by Gasteiger charge is -2.19. The van der Waals surface area contributed by atoms with E-state index in [1.165, 1.54) is 4.90 Å². The van der Waals surface area contributed by atoms with Gasteiger partial charge in [0.25, 0.3) is 5.91 Å². The SMILES string of the molecule is CCN(CC(N)=O)C(=O)c1cccc(C#CCO)c1. The predicted octanol–water partition coefficient (Wildman–Crippen LogP) is -0.0222. The van der Waals surface area contributed by atoms with Gasteiger partial charge in [-0.25, -0.2) is 0 Å². The zero-order chi connectivity index (χ0) is 14.3. The molecule has 0 spiro atoms. The number of hydrogen-bond donors (Lipinski definition) is 2. The molecule has 0 saturated carbocycles. The van der Waals surface area contributed by atoms with E-state index in [0.717, 1.165) is 0 Å². The van der Waals surface area contributed by atoms with Crippen molar-refractivity contribution in [3.8, 4) is 11.8 Å². The van der Waals surface area contributed by atoms with Crippen LogP contribution >= 0.6 is 0 Å². The van der Waals surface area contributed by atoms with Crippen molar-refractivity contribution in [1.29, 1.82) is 0 Å². The first kappa shape index (κ1) is 14.7. The van der Waals surface area contributed by atoms with Crippen molar-refractivity contribution in [3.63, 3.8) is 0 Å². The Kier molecular flexibility index (Phi) is 5.58. The van der Waals surface area contributed by atoms with Gasteiger partial charge in [0.05, 0.1) is 6.54 Å². The number of benzene rings is 1. The molecule has 0 aromatic heterocycles. The summed E-state index contributed by atoms with van der Waals surface area (Å²) in [5, 5.41) is 8.63. The minimum atomic E-state index is -0.550. The van der Waals surface area contributed by atoms with Crippen LogP contribution in [-0.4, -0.2) is 41.5 Å². The van der Waals surface area contributed by atoms with Crippen LogP contribution in [-0.2, 0) is 4.79 Å². The molecule has 0 heterocycles. The van der Waals surface area contributed by atoms with Crippen molar-refractivity contribution in [2.45, 2.75) is 6.92 Å². The molecular weight excluding hydrogens is 244 g/mol. The van der Waals surface area contributed by atoms with Crippen LogP contribution < -0.4 is 5.73 Å². The molecule has 3 N–H and O–H groups in total. The summed E-state index contributed by atoms with van der Waals surface area (Å²) in [6, 6.07) is 6.71. The maximum Gasteiger partial charge on any atom is 0.254 e. The first-order chi connectivity index (χ1) is 9.08. The molecule has 100 valence electrons. The van der Waals surface area contributed by atoms with Gasteiger partial charge in [0.2, 0.25) is 5.91 Å². The third kappa shape index (κ3) is 4.45. The second kappa shape index (κ2) is 7.19. The Morgan fingerprint density at radius 2 is 2.16 bits per heavy atom. The third-order valence-electron chi connectivity index (χ3n) is 2.44. The lowest BCUT2D eigenvalue weighted by molar-refractivity contribution is -0.118. The molecule has 0 aliphatic rings. The predicted molar refractivity (Wildman–Crippen MR) is 71.2 cm³/mol. The third-order valence-corrected chi connectivity index (χ3v) is 2.44. The Bertz CT molecular complexity index is 529. The summed E-state index contributed by atoms with van der Waals surface area (Å²) in [6.07, 6.45) is 0. The summed E-state index contributed by atoms with van der Waals surface area (Å²) in [5.41, 5.74) is 6.17. The Balaban J connectivity index is 2.95. The number of amides is 2. The molecule has 0 atom stereocenters. The van der Waals surface area contributed by atoms with Crippen LogP contribution in [0.5, 0.6) is 0 Å². The number of nitrogens with zero attached hydrogens (tertiary/aromatic N) is 1. The Morgan fingerprint density at radius 3 is 2.74 bits per heavy atom. The zero-order valence-electron chi connectivity index (χ0n) is 10.7. The smallest absolute Gasteiger partial charge is 0.254 e. The molecule has 1 aromatic carbocycles. The Labute approximate surface area is 112 Å². The van der Waals surface area contributed by atoms with Crippen molar-refractivity contribution in [1.82, 2.24) is 4.90 Å². The van der Waals surface area contributed by atoms with E-state index in [2.05, 4.69) is 11.8 Å². The summed E-state index contributed by atoms with van der Waals surface area (Å²) in [7, 11) is 0. The standard InChI is InChI=1S/C14H16N2O3/c1-2-16(10-13(15)18)14(19)12-7-3-5-11(9-12)6-4-8-17/h3,5,7,9,17H,2,8,10H2,1H3,(H2,15,18). The van der Waals surface area contributed by atoms with Gasteiger partial charge >= 0.3 is 0 Å². The van der Waals surface area contributed by atoms with E-state index in [0.29, 0.717) is 17.7 Å². The van der Waals surface area contributed by atoms with Crippen LogP contribution in [0.2, 0.25) is 0 Å². The van der Waals surface area contributed by atoms with Crippen LogP contribution in [0.4, 0.5) is 0 Å². The molecule has 1 aromatic rings. The molecule has 5 heteroatoms. The molecule has 0 aliphatic carbocycles. The van der Waals surface area contributed by atoms with E-state index in [9.17, 15) is 9.59 Å². The fraction of sp³-hybridized carbons (Fsp3) is 0.286. The van der Waals surface area contributed by atoms with Gasteiger partial charge in [0.1, 0.15) is 6.61 Å². The number of carbonyl (C=O) groups excluding carboxylic acids is 2. The summed E-state index contributed by atoms with van der Waals surface area (Å²) in [6.45, 7) is 1.83. The second-order valence-electron chi connectivity index (χ2n) is 3.83. The van der Waals surface area contributed by atoms with Crippen molar-refractivity contribution in [2.75, 3.05) is 19.7 Å². The molecule has 0 saturated heterocycles. The van der Waals surface area contributed by atoms with Gasteiger partial charge in [-0.15, -0.1) is 0 Å². The molecule has 0 fully saturated rings. The van der Waals surface area contributed by atoms with Crippen LogP contribution in [0.15, 0.2) is 24.3 Å². The van der Waals surface area contributed by atoms with Gasteiger partial charge in [-0.1, -0.05) is 17.9 Å². The number of primary amides is 1. The fourth-order valence-electron chi connectivity index (χ4n) is 1.57. The van der Waals surface area contributed by atoms with Gasteiger partial charge in [-0.2, -0.15) is 0 Å². The highest BCUT2D eigenvalue weighted by molar-refractivity contribution is 5.96. The summed E-state index contributed by atoms with van der Waals surface area (Å²) in [4.78, 5) is 24.4. The minimum Gasteiger partial charge on any atom is -0.384 e. The van der Waals surface area contributed by atoms with Crippen LogP contribution in [0, 0.1) is 11.8 Å².